The van der Waals surface area contributed by atoms with Gasteiger partial charge in [-0.3, -0.25) is 4.79 Å². The molecule has 1 N–H and O–H groups in total. The Bertz CT molecular complexity index is 306. The molecule has 0 fully saturated rings. The molecule has 0 atom stereocenters. The van der Waals surface area contributed by atoms with Gasteiger partial charge in [0.15, 0.2) is 0 Å². The van der Waals surface area contributed by atoms with Gasteiger partial charge >= 0.3 is 0 Å². The molecule has 0 saturated carbocycles. The van der Waals surface area contributed by atoms with Gasteiger partial charge in [-0.2, -0.15) is 0 Å². The van der Waals surface area contributed by atoms with Crippen LogP contribution < -0.4 is 5.32 Å². The summed E-state index contributed by atoms with van der Waals surface area (Å²) >= 11 is 2.82. The average molecular weight is 256 g/mol. The molecule has 3 heteroatoms. The van der Waals surface area contributed by atoms with Crippen molar-refractivity contribution < 1.29 is 4.79 Å². The molecule has 14 heavy (non-hydrogen) atoms. The lowest BCUT2D eigenvalue weighted by Gasteiger charge is -2.06. The summed E-state index contributed by atoms with van der Waals surface area (Å²) in [6.07, 6.45) is 1.07. The summed E-state index contributed by atoms with van der Waals surface area (Å²) in [5, 5.41) is 2.66. The highest BCUT2D eigenvalue weighted by molar-refractivity contribution is 9.18. The summed E-state index contributed by atoms with van der Waals surface area (Å²) in [6, 6.07) is 7.91. The van der Waals surface area contributed by atoms with E-state index in [4.69, 9.17) is 0 Å². The van der Waals surface area contributed by atoms with Crippen LogP contribution in [-0.2, 0) is 6.42 Å². The van der Waals surface area contributed by atoms with E-state index in [-0.39, 0.29) is 4.82 Å². The minimum Gasteiger partial charge on any atom is -0.317 e. The number of anilines is 1. The summed E-state index contributed by atoms with van der Waals surface area (Å²) in [5.74, 6) is 0.659. The topological polar surface area (TPSA) is 29.1 Å². The van der Waals surface area contributed by atoms with Crippen molar-refractivity contribution in [1.29, 1.82) is 0 Å². The summed E-state index contributed by atoms with van der Waals surface area (Å²) < 4.78 is 0. The van der Waals surface area contributed by atoms with E-state index in [1.54, 1.807) is 0 Å². The predicted molar refractivity (Wildman–Crippen MR) is 62.9 cm³/mol. The second-order valence-corrected chi connectivity index (χ2v) is 4.41. The molecule has 1 rings (SSSR count). The summed E-state index contributed by atoms with van der Waals surface area (Å²) in [7, 11) is 0. The molecule has 0 aliphatic heterocycles. The third kappa shape index (κ3) is 3.92. The third-order valence-electron chi connectivity index (χ3n) is 1.84. The molecule has 0 saturated heterocycles. The minimum absolute atomic E-state index is 0.214. The predicted octanol–water partition coefficient (Wildman–Crippen LogP) is 3.81. The molecule has 0 radical (unpaired) electrons. The molecule has 2 nitrogen and oxygen atoms in total. The number of amides is 1. The third-order valence-corrected chi connectivity index (χ3v) is 2.04. The Balaban J connectivity index is 2.63. The van der Waals surface area contributed by atoms with E-state index in [9.17, 15) is 4.79 Å². The van der Waals surface area contributed by atoms with E-state index in [1.165, 1.54) is 5.56 Å². The van der Waals surface area contributed by atoms with Crippen molar-refractivity contribution >= 4 is 26.4 Å². The second-order valence-electron chi connectivity index (χ2n) is 3.69. The van der Waals surface area contributed by atoms with Crippen LogP contribution in [0, 0.1) is 5.92 Å². The first-order valence-corrected chi connectivity index (χ1v) is 5.42. The van der Waals surface area contributed by atoms with Gasteiger partial charge in [-0.15, -0.1) is 0 Å². The molecule has 0 unspecified atom stereocenters. The van der Waals surface area contributed by atoms with Crippen molar-refractivity contribution in [3.05, 3.63) is 29.8 Å². The molecule has 1 amide bonds. The monoisotopic (exact) mass is 255 g/mol. The zero-order valence-electron chi connectivity index (χ0n) is 8.38. The van der Waals surface area contributed by atoms with Gasteiger partial charge in [0, 0.05) is 21.6 Å². The van der Waals surface area contributed by atoms with Crippen LogP contribution in [0.1, 0.15) is 19.4 Å². The molecule has 0 bridgehead atoms. The van der Waals surface area contributed by atoms with Gasteiger partial charge in [-0.05, 0) is 30.0 Å². The number of rotatable bonds is 3. The average Bonchev–Trinajstić information content (AvgIpc) is 2.06. The Morgan fingerprint density at radius 1 is 1.36 bits per heavy atom. The van der Waals surface area contributed by atoms with Crippen molar-refractivity contribution in [2.24, 2.45) is 5.92 Å². The fraction of sp³-hybridized carbons (Fsp3) is 0.364. The van der Waals surface area contributed by atoms with Crippen LogP contribution in [0.2, 0.25) is 0 Å². The minimum atomic E-state index is -0.214. The lowest BCUT2D eigenvalue weighted by Crippen LogP contribution is -2.00. The van der Waals surface area contributed by atoms with Crippen LogP contribution in [0.5, 0.6) is 0 Å². The quantitative estimate of drug-likeness (QED) is 0.646. The molecule has 76 valence electrons. The first kappa shape index (κ1) is 11.2. The van der Waals surface area contributed by atoms with Gasteiger partial charge in [-0.1, -0.05) is 26.0 Å². The number of nitrogens with one attached hydrogen (secondary N) is 1. The molecule has 0 heterocycles. The lowest BCUT2D eigenvalue weighted by atomic mass is 10.0. The Hall–Kier alpha value is -0.830. The fourth-order valence-corrected chi connectivity index (χ4v) is 1.54. The smallest absolute Gasteiger partial charge is 0.291 e. The van der Waals surface area contributed by atoms with Crippen LogP contribution in [-0.4, -0.2) is 4.82 Å². The van der Waals surface area contributed by atoms with Gasteiger partial charge in [0.05, 0.1) is 0 Å². The number of carbonyl (C=O) groups excluding carboxylic acids is 1. The van der Waals surface area contributed by atoms with Crippen molar-refractivity contribution in [3.8, 4) is 0 Å². The summed E-state index contributed by atoms with van der Waals surface area (Å²) in [6.45, 7) is 4.38. The molecule has 0 aromatic heterocycles. The second kappa shape index (κ2) is 5.15. The standard InChI is InChI=1S/C11H14BrNO/c1-8(2)7-9-3-5-10(6-4-9)13-11(12)14/h3-6,8H,7H2,1-2H3,(H,13,14). The highest BCUT2D eigenvalue weighted by Gasteiger charge is 1.99. The van der Waals surface area contributed by atoms with Gasteiger partial charge in [0.1, 0.15) is 0 Å². The van der Waals surface area contributed by atoms with Gasteiger partial charge < -0.3 is 5.32 Å². The molecular formula is C11H14BrNO. The van der Waals surface area contributed by atoms with Crippen molar-refractivity contribution in [2.45, 2.75) is 20.3 Å². The van der Waals surface area contributed by atoms with E-state index in [1.807, 2.05) is 24.3 Å². The maximum atomic E-state index is 10.7. The van der Waals surface area contributed by atoms with E-state index < -0.39 is 0 Å². The molecular weight excluding hydrogens is 242 g/mol. The molecule has 0 spiro atoms. The Kier molecular flexibility index (Phi) is 4.14. The molecule has 1 aromatic carbocycles. The first-order valence-electron chi connectivity index (χ1n) is 4.63. The summed E-state index contributed by atoms with van der Waals surface area (Å²) in [5.41, 5.74) is 2.12. The highest BCUT2D eigenvalue weighted by atomic mass is 79.9. The van der Waals surface area contributed by atoms with Crippen LogP contribution in [0.25, 0.3) is 0 Å². The largest absolute Gasteiger partial charge is 0.317 e. The van der Waals surface area contributed by atoms with Crippen LogP contribution in [0.15, 0.2) is 24.3 Å². The Morgan fingerprint density at radius 2 is 1.93 bits per heavy atom. The van der Waals surface area contributed by atoms with Gasteiger partial charge in [-0.25, -0.2) is 0 Å². The molecule has 0 aliphatic carbocycles. The highest BCUT2D eigenvalue weighted by Crippen LogP contribution is 2.13. The number of hydrogen-bond acceptors (Lipinski definition) is 1. The lowest BCUT2D eigenvalue weighted by molar-refractivity contribution is 0.270. The molecule has 1 aromatic rings. The van der Waals surface area contributed by atoms with Crippen molar-refractivity contribution in [3.63, 3.8) is 0 Å². The zero-order valence-corrected chi connectivity index (χ0v) is 9.97. The number of carbonyl (C=O) groups is 1. The van der Waals surface area contributed by atoms with E-state index in [2.05, 4.69) is 35.1 Å². The number of halogens is 1. The summed E-state index contributed by atoms with van der Waals surface area (Å²) in [4.78, 5) is 10.5. The number of benzene rings is 1. The van der Waals surface area contributed by atoms with E-state index in [0.29, 0.717) is 5.92 Å². The zero-order chi connectivity index (χ0) is 10.6. The molecule has 0 aliphatic rings. The van der Waals surface area contributed by atoms with Gasteiger partial charge in [0.25, 0.3) is 4.82 Å². The van der Waals surface area contributed by atoms with Crippen molar-refractivity contribution in [2.75, 3.05) is 5.32 Å². The maximum Gasteiger partial charge on any atom is 0.291 e. The SMILES string of the molecule is CC(C)Cc1ccc(NC(=O)Br)cc1. The van der Waals surface area contributed by atoms with Crippen molar-refractivity contribution in [1.82, 2.24) is 0 Å². The fourth-order valence-electron chi connectivity index (χ4n) is 1.31. The number of hydrogen-bond donors (Lipinski definition) is 1. The van der Waals surface area contributed by atoms with Crippen LogP contribution in [0.3, 0.4) is 0 Å². The normalized spacial score (nSPS) is 10.3. The Morgan fingerprint density at radius 3 is 2.36 bits per heavy atom. The van der Waals surface area contributed by atoms with Gasteiger partial charge in [0.2, 0.25) is 0 Å². The first-order chi connectivity index (χ1) is 6.58. The Labute approximate surface area is 92.8 Å². The maximum absolute atomic E-state index is 10.7. The van der Waals surface area contributed by atoms with Crippen LogP contribution >= 0.6 is 15.9 Å². The van der Waals surface area contributed by atoms with E-state index >= 15 is 0 Å². The van der Waals surface area contributed by atoms with E-state index in [0.717, 1.165) is 12.1 Å². The van der Waals surface area contributed by atoms with Crippen LogP contribution in [0.4, 0.5) is 10.5 Å².